The van der Waals surface area contributed by atoms with E-state index in [9.17, 15) is 0 Å². The van der Waals surface area contributed by atoms with Crippen LogP contribution in [0.2, 0.25) is 5.02 Å². The van der Waals surface area contributed by atoms with Gasteiger partial charge in [0.2, 0.25) is 0 Å². The summed E-state index contributed by atoms with van der Waals surface area (Å²) in [6.45, 7) is 0.311. The number of nitrogen functional groups attached to an aromatic ring is 1. The van der Waals surface area contributed by atoms with Crippen LogP contribution in [0.25, 0.3) is 0 Å². The van der Waals surface area contributed by atoms with E-state index in [-0.39, 0.29) is 5.84 Å². The number of hydrogen-bond donors (Lipinski definition) is 2. The van der Waals surface area contributed by atoms with Crippen LogP contribution in [0, 0.1) is 5.41 Å². The summed E-state index contributed by atoms with van der Waals surface area (Å²) in [7, 11) is 0. The molecule has 2 aromatic rings. The Labute approximate surface area is 110 Å². The molecule has 0 bridgehead atoms. The van der Waals surface area contributed by atoms with Crippen molar-refractivity contribution < 1.29 is 4.74 Å². The maximum absolute atomic E-state index is 7.45. The number of amidine groups is 1. The van der Waals surface area contributed by atoms with E-state index < -0.39 is 0 Å². The maximum atomic E-state index is 7.45. The molecule has 1 heterocycles. The Hall–Kier alpha value is -2.07. The second kappa shape index (κ2) is 5.51. The van der Waals surface area contributed by atoms with E-state index >= 15 is 0 Å². The molecule has 3 N–H and O–H groups in total. The Morgan fingerprint density at radius 3 is 2.83 bits per heavy atom. The van der Waals surface area contributed by atoms with E-state index in [2.05, 4.69) is 4.98 Å². The predicted molar refractivity (Wildman–Crippen MR) is 71.0 cm³/mol. The van der Waals surface area contributed by atoms with Crippen molar-refractivity contribution in [3.05, 3.63) is 58.9 Å². The molecule has 5 heteroatoms. The second-order valence-corrected chi connectivity index (χ2v) is 4.07. The van der Waals surface area contributed by atoms with Crippen LogP contribution < -0.4 is 10.5 Å². The number of benzene rings is 1. The first-order chi connectivity index (χ1) is 8.68. The Kier molecular flexibility index (Phi) is 3.79. The molecule has 2 rings (SSSR count). The first kappa shape index (κ1) is 12.4. The molecule has 1 aromatic carbocycles. The third kappa shape index (κ3) is 2.78. The topological polar surface area (TPSA) is 72.0 Å². The Morgan fingerprint density at radius 1 is 1.33 bits per heavy atom. The van der Waals surface area contributed by atoms with Crippen LogP contribution >= 0.6 is 11.6 Å². The average Bonchev–Trinajstić information content (AvgIpc) is 2.38. The molecule has 0 atom stereocenters. The minimum Gasteiger partial charge on any atom is -0.486 e. The summed E-state index contributed by atoms with van der Waals surface area (Å²) in [6, 6.07) is 9.07. The number of pyridine rings is 1. The molecule has 0 spiro atoms. The highest BCUT2D eigenvalue weighted by Gasteiger charge is 2.07. The third-order valence-corrected chi connectivity index (χ3v) is 2.78. The molecule has 0 aliphatic carbocycles. The van der Waals surface area contributed by atoms with Crippen LogP contribution in [-0.4, -0.2) is 10.8 Å². The first-order valence-electron chi connectivity index (χ1n) is 5.33. The van der Waals surface area contributed by atoms with E-state index in [0.29, 0.717) is 22.9 Å². The number of rotatable bonds is 4. The fourth-order valence-electron chi connectivity index (χ4n) is 1.49. The number of ether oxygens (including phenoxy) is 1. The summed E-state index contributed by atoms with van der Waals surface area (Å²) < 4.78 is 5.60. The minimum atomic E-state index is -0.0495. The molecule has 0 amide bonds. The fraction of sp³-hybridized carbons (Fsp3) is 0.0769. The number of nitrogens with one attached hydrogen (secondary N) is 1. The standard InChI is InChI=1S/C13H12ClN3O/c14-11-4-2-1-3-9(11)8-18-12-7-17-6-5-10(12)13(15)16/h1-7H,8H2,(H3,15,16). The minimum absolute atomic E-state index is 0.0495. The molecule has 4 nitrogen and oxygen atoms in total. The number of halogens is 1. The van der Waals surface area contributed by atoms with Gasteiger partial charge in [0.05, 0.1) is 11.8 Å². The predicted octanol–water partition coefficient (Wildman–Crippen LogP) is 2.60. The van der Waals surface area contributed by atoms with E-state index in [1.165, 1.54) is 6.20 Å². The van der Waals surface area contributed by atoms with Crippen molar-refractivity contribution in [3.8, 4) is 5.75 Å². The van der Waals surface area contributed by atoms with Gasteiger partial charge in [-0.2, -0.15) is 0 Å². The molecule has 1 aromatic heterocycles. The Bertz CT molecular complexity index is 572. The summed E-state index contributed by atoms with van der Waals surface area (Å²) in [5.41, 5.74) is 6.86. The number of hydrogen-bond acceptors (Lipinski definition) is 3. The SMILES string of the molecule is N=C(N)c1ccncc1OCc1ccccc1Cl. The van der Waals surface area contributed by atoms with Gasteiger partial charge in [-0.15, -0.1) is 0 Å². The molecule has 0 radical (unpaired) electrons. The van der Waals surface area contributed by atoms with Crippen LogP contribution in [-0.2, 0) is 6.61 Å². The lowest BCUT2D eigenvalue weighted by molar-refractivity contribution is 0.304. The molecule has 0 unspecified atom stereocenters. The molecule has 0 aliphatic heterocycles. The summed E-state index contributed by atoms with van der Waals surface area (Å²) >= 11 is 6.03. The number of nitrogens with two attached hydrogens (primary N) is 1. The van der Waals surface area contributed by atoms with Gasteiger partial charge in [0.15, 0.2) is 0 Å². The monoisotopic (exact) mass is 261 g/mol. The lowest BCUT2D eigenvalue weighted by Gasteiger charge is -2.10. The van der Waals surface area contributed by atoms with Crippen molar-refractivity contribution in [3.63, 3.8) is 0 Å². The highest BCUT2D eigenvalue weighted by atomic mass is 35.5. The van der Waals surface area contributed by atoms with Crippen molar-refractivity contribution >= 4 is 17.4 Å². The van der Waals surface area contributed by atoms with E-state index in [1.807, 2.05) is 18.2 Å². The zero-order chi connectivity index (χ0) is 13.0. The van der Waals surface area contributed by atoms with E-state index in [0.717, 1.165) is 5.56 Å². The van der Waals surface area contributed by atoms with Crippen molar-refractivity contribution in [1.29, 1.82) is 5.41 Å². The zero-order valence-corrected chi connectivity index (χ0v) is 10.3. The van der Waals surface area contributed by atoms with E-state index in [4.69, 9.17) is 27.5 Å². The number of nitrogens with zero attached hydrogens (tertiary/aromatic N) is 1. The third-order valence-electron chi connectivity index (χ3n) is 2.42. The zero-order valence-electron chi connectivity index (χ0n) is 9.56. The van der Waals surface area contributed by atoms with Crippen molar-refractivity contribution in [2.45, 2.75) is 6.61 Å². The number of aromatic nitrogens is 1. The van der Waals surface area contributed by atoms with Crippen LogP contribution in [0.15, 0.2) is 42.7 Å². The molecule has 0 fully saturated rings. The van der Waals surface area contributed by atoms with Crippen LogP contribution in [0.5, 0.6) is 5.75 Å². The maximum Gasteiger partial charge on any atom is 0.148 e. The van der Waals surface area contributed by atoms with Crippen LogP contribution in [0.3, 0.4) is 0 Å². The lowest BCUT2D eigenvalue weighted by Crippen LogP contribution is -2.13. The van der Waals surface area contributed by atoms with Gasteiger partial charge >= 0.3 is 0 Å². The Morgan fingerprint density at radius 2 is 2.11 bits per heavy atom. The van der Waals surface area contributed by atoms with Gasteiger partial charge in [-0.3, -0.25) is 10.4 Å². The largest absolute Gasteiger partial charge is 0.486 e. The molecule has 0 aliphatic rings. The summed E-state index contributed by atoms with van der Waals surface area (Å²) in [4.78, 5) is 3.95. The second-order valence-electron chi connectivity index (χ2n) is 3.67. The quantitative estimate of drug-likeness (QED) is 0.656. The van der Waals surface area contributed by atoms with Gasteiger partial charge < -0.3 is 10.5 Å². The Balaban J connectivity index is 2.16. The van der Waals surface area contributed by atoms with Crippen LogP contribution in [0.1, 0.15) is 11.1 Å². The first-order valence-corrected chi connectivity index (χ1v) is 5.71. The molecule has 18 heavy (non-hydrogen) atoms. The summed E-state index contributed by atoms with van der Waals surface area (Å²) in [5.74, 6) is 0.427. The van der Waals surface area contributed by atoms with Crippen molar-refractivity contribution in [2.75, 3.05) is 0 Å². The van der Waals surface area contributed by atoms with Gasteiger partial charge in [-0.1, -0.05) is 29.8 Å². The lowest BCUT2D eigenvalue weighted by atomic mass is 10.2. The molecule has 92 valence electrons. The van der Waals surface area contributed by atoms with Gasteiger partial charge in [0.25, 0.3) is 0 Å². The fourth-order valence-corrected chi connectivity index (χ4v) is 1.68. The summed E-state index contributed by atoms with van der Waals surface area (Å²) in [6.07, 6.45) is 3.10. The van der Waals surface area contributed by atoms with Gasteiger partial charge in [0, 0.05) is 16.8 Å². The smallest absolute Gasteiger partial charge is 0.148 e. The van der Waals surface area contributed by atoms with Crippen molar-refractivity contribution in [1.82, 2.24) is 4.98 Å². The van der Waals surface area contributed by atoms with Gasteiger partial charge in [-0.05, 0) is 12.1 Å². The highest BCUT2D eigenvalue weighted by Crippen LogP contribution is 2.20. The van der Waals surface area contributed by atoms with E-state index in [1.54, 1.807) is 18.3 Å². The highest BCUT2D eigenvalue weighted by molar-refractivity contribution is 6.31. The van der Waals surface area contributed by atoms with Gasteiger partial charge in [-0.25, -0.2) is 0 Å². The summed E-state index contributed by atoms with van der Waals surface area (Å²) in [5, 5.41) is 8.09. The normalized spacial score (nSPS) is 10.1. The van der Waals surface area contributed by atoms with Gasteiger partial charge in [0.1, 0.15) is 18.2 Å². The molecular weight excluding hydrogens is 250 g/mol. The molecule has 0 saturated heterocycles. The van der Waals surface area contributed by atoms with Crippen LogP contribution in [0.4, 0.5) is 0 Å². The average molecular weight is 262 g/mol. The molecular formula is C13H12ClN3O. The van der Waals surface area contributed by atoms with Crippen molar-refractivity contribution in [2.24, 2.45) is 5.73 Å². The molecule has 0 saturated carbocycles.